The lowest BCUT2D eigenvalue weighted by Gasteiger charge is -2.16. The molecule has 0 amide bonds. The van der Waals surface area contributed by atoms with E-state index in [2.05, 4.69) is 26.8 Å². The van der Waals surface area contributed by atoms with Crippen LogP contribution in [-0.2, 0) is 6.54 Å². The first-order chi connectivity index (χ1) is 9.85. The van der Waals surface area contributed by atoms with Crippen LogP contribution in [0.4, 0.5) is 0 Å². The Balaban J connectivity index is 2.02. The maximum absolute atomic E-state index is 9.08. The lowest BCUT2D eigenvalue weighted by molar-refractivity contribution is 0.270. The third-order valence-electron chi connectivity index (χ3n) is 3.09. The molecule has 0 aromatic carbocycles. The summed E-state index contributed by atoms with van der Waals surface area (Å²) in [5, 5.41) is 19.7. The molecule has 20 heavy (non-hydrogen) atoms. The number of nitrogens with one attached hydrogen (secondary N) is 2. The summed E-state index contributed by atoms with van der Waals surface area (Å²) >= 11 is 1.78. The van der Waals surface area contributed by atoms with E-state index in [1.807, 2.05) is 24.5 Å². The normalized spacial score (nSPS) is 12.5. The fourth-order valence-electron chi connectivity index (χ4n) is 2.06. The number of hydrogen-bond acceptors (Lipinski definition) is 5. The Morgan fingerprint density at radius 2 is 2.35 bits per heavy atom. The van der Waals surface area contributed by atoms with E-state index in [1.165, 1.54) is 0 Å². The molecule has 0 aliphatic carbocycles. The smallest absolute Gasteiger partial charge is 0.0710 e. The predicted octanol–water partition coefficient (Wildman–Crippen LogP) is 1.68. The number of rotatable bonds is 8. The Morgan fingerprint density at radius 1 is 1.45 bits per heavy atom. The van der Waals surface area contributed by atoms with E-state index < -0.39 is 0 Å². The number of aromatic amines is 1. The van der Waals surface area contributed by atoms with E-state index in [4.69, 9.17) is 5.11 Å². The molecule has 0 aliphatic heterocycles. The number of nitrogens with zero attached hydrogens (tertiary/aromatic N) is 2. The van der Waals surface area contributed by atoms with Crippen molar-refractivity contribution < 1.29 is 5.11 Å². The number of thioether (sulfide) groups is 1. The number of H-pyrrole nitrogens is 1. The van der Waals surface area contributed by atoms with Gasteiger partial charge in [-0.3, -0.25) is 10.1 Å². The van der Waals surface area contributed by atoms with Gasteiger partial charge >= 0.3 is 0 Å². The molecule has 3 N–H and O–H groups in total. The van der Waals surface area contributed by atoms with Crippen molar-refractivity contribution in [3.63, 3.8) is 0 Å². The quantitative estimate of drug-likeness (QED) is 0.690. The van der Waals surface area contributed by atoms with E-state index in [-0.39, 0.29) is 6.61 Å². The highest BCUT2D eigenvalue weighted by atomic mass is 32.2. The van der Waals surface area contributed by atoms with Crippen molar-refractivity contribution in [3.05, 3.63) is 36.3 Å². The minimum atomic E-state index is 0.207. The van der Waals surface area contributed by atoms with Gasteiger partial charge in [-0.1, -0.05) is 0 Å². The fourth-order valence-corrected chi connectivity index (χ4v) is 2.75. The molecule has 0 saturated heterocycles. The maximum Gasteiger partial charge on any atom is 0.0710 e. The van der Waals surface area contributed by atoms with Crippen LogP contribution < -0.4 is 5.32 Å². The van der Waals surface area contributed by atoms with Crippen LogP contribution in [0.3, 0.4) is 0 Å². The van der Waals surface area contributed by atoms with Gasteiger partial charge in [-0.05, 0) is 24.8 Å². The fraction of sp³-hybridized carbons (Fsp3) is 0.429. The summed E-state index contributed by atoms with van der Waals surface area (Å²) in [7, 11) is 0. The predicted molar refractivity (Wildman–Crippen MR) is 82.5 cm³/mol. The van der Waals surface area contributed by atoms with Crippen LogP contribution in [-0.4, -0.2) is 44.9 Å². The highest BCUT2D eigenvalue weighted by molar-refractivity contribution is 7.98. The lowest BCUT2D eigenvalue weighted by Crippen LogP contribution is -2.31. The van der Waals surface area contributed by atoms with Crippen LogP contribution in [0.15, 0.2) is 30.7 Å². The molecule has 0 saturated carbocycles. The number of aliphatic hydroxyl groups is 1. The molecule has 2 aromatic heterocycles. The molecule has 2 heterocycles. The second kappa shape index (κ2) is 8.04. The summed E-state index contributed by atoms with van der Waals surface area (Å²) < 4.78 is 0. The molecule has 1 unspecified atom stereocenters. The highest BCUT2D eigenvalue weighted by Gasteiger charge is 2.11. The number of aromatic nitrogens is 3. The third-order valence-corrected chi connectivity index (χ3v) is 3.83. The molecular formula is C14H20N4OS. The molecule has 108 valence electrons. The van der Waals surface area contributed by atoms with Crippen LogP contribution in [0, 0.1) is 0 Å². The van der Waals surface area contributed by atoms with E-state index in [9.17, 15) is 0 Å². The first-order valence-corrected chi connectivity index (χ1v) is 8.00. The zero-order chi connectivity index (χ0) is 14.2. The van der Waals surface area contributed by atoms with Gasteiger partial charge < -0.3 is 10.4 Å². The van der Waals surface area contributed by atoms with Crippen molar-refractivity contribution in [3.8, 4) is 11.3 Å². The largest absolute Gasteiger partial charge is 0.396 e. The van der Waals surface area contributed by atoms with Crippen molar-refractivity contribution >= 4 is 11.8 Å². The number of hydrogen-bond donors (Lipinski definition) is 3. The minimum Gasteiger partial charge on any atom is -0.396 e. The molecule has 5 nitrogen and oxygen atoms in total. The Bertz CT molecular complexity index is 497. The first kappa shape index (κ1) is 15.0. The topological polar surface area (TPSA) is 73.8 Å². The minimum absolute atomic E-state index is 0.207. The van der Waals surface area contributed by atoms with Gasteiger partial charge in [0.2, 0.25) is 0 Å². The standard InChI is InChI=1S/C14H20N4OS/c1-20-10-13(4-6-19)16-8-12-9-17-18-14(12)11-3-2-5-15-7-11/h2-3,5,7,9,13,16,19H,4,6,8,10H2,1H3,(H,17,18). The van der Waals surface area contributed by atoms with Crippen LogP contribution in [0.2, 0.25) is 0 Å². The number of aliphatic hydroxyl groups excluding tert-OH is 1. The van der Waals surface area contributed by atoms with Gasteiger partial charge in [-0.2, -0.15) is 16.9 Å². The Hall–Kier alpha value is -1.37. The highest BCUT2D eigenvalue weighted by Crippen LogP contribution is 2.19. The summed E-state index contributed by atoms with van der Waals surface area (Å²) in [4.78, 5) is 4.13. The Morgan fingerprint density at radius 3 is 3.05 bits per heavy atom. The van der Waals surface area contributed by atoms with Gasteiger partial charge in [0.1, 0.15) is 0 Å². The number of pyridine rings is 1. The molecule has 0 spiro atoms. The summed E-state index contributed by atoms with van der Waals surface area (Å²) in [6.45, 7) is 0.936. The zero-order valence-corrected chi connectivity index (χ0v) is 12.4. The van der Waals surface area contributed by atoms with E-state index in [0.29, 0.717) is 6.04 Å². The molecule has 1 atom stereocenters. The maximum atomic E-state index is 9.08. The monoisotopic (exact) mass is 292 g/mol. The van der Waals surface area contributed by atoms with E-state index >= 15 is 0 Å². The molecule has 0 bridgehead atoms. The third kappa shape index (κ3) is 4.06. The summed E-state index contributed by atoms with van der Waals surface area (Å²) in [5.74, 6) is 0.987. The first-order valence-electron chi connectivity index (χ1n) is 6.61. The van der Waals surface area contributed by atoms with Crippen molar-refractivity contribution in [1.82, 2.24) is 20.5 Å². The Labute approximate surface area is 123 Å². The molecule has 0 radical (unpaired) electrons. The van der Waals surface area contributed by atoms with E-state index in [1.54, 1.807) is 18.0 Å². The summed E-state index contributed by atoms with van der Waals surface area (Å²) in [5.41, 5.74) is 3.14. The summed E-state index contributed by atoms with van der Waals surface area (Å²) in [6, 6.07) is 4.24. The van der Waals surface area contributed by atoms with Gasteiger partial charge in [0, 0.05) is 48.5 Å². The van der Waals surface area contributed by atoms with Gasteiger partial charge in [-0.25, -0.2) is 0 Å². The second-order valence-corrected chi connectivity index (χ2v) is 5.47. The van der Waals surface area contributed by atoms with Gasteiger partial charge in [0.25, 0.3) is 0 Å². The van der Waals surface area contributed by atoms with Crippen LogP contribution in [0.5, 0.6) is 0 Å². The second-order valence-electron chi connectivity index (χ2n) is 4.56. The molecular weight excluding hydrogens is 272 g/mol. The van der Waals surface area contributed by atoms with Crippen LogP contribution in [0.25, 0.3) is 11.3 Å². The average Bonchev–Trinajstić information content (AvgIpc) is 2.94. The van der Waals surface area contributed by atoms with Crippen LogP contribution >= 0.6 is 11.8 Å². The molecule has 0 fully saturated rings. The van der Waals surface area contributed by atoms with Crippen molar-refractivity contribution in [2.24, 2.45) is 0 Å². The zero-order valence-electron chi connectivity index (χ0n) is 11.5. The SMILES string of the molecule is CSCC(CCO)NCc1cn[nH]c1-c1cccnc1. The van der Waals surface area contributed by atoms with Gasteiger partial charge in [0.05, 0.1) is 11.9 Å². The van der Waals surface area contributed by atoms with Gasteiger partial charge in [0.15, 0.2) is 0 Å². The molecule has 2 aromatic rings. The Kier molecular flexibility index (Phi) is 6.04. The molecule has 6 heteroatoms. The molecule has 0 aliphatic rings. The molecule has 2 rings (SSSR count). The average molecular weight is 292 g/mol. The van der Waals surface area contributed by atoms with Crippen molar-refractivity contribution in [1.29, 1.82) is 0 Å². The van der Waals surface area contributed by atoms with E-state index in [0.717, 1.165) is 35.5 Å². The lowest BCUT2D eigenvalue weighted by atomic mass is 10.1. The van der Waals surface area contributed by atoms with Crippen LogP contribution in [0.1, 0.15) is 12.0 Å². The van der Waals surface area contributed by atoms with Crippen molar-refractivity contribution in [2.75, 3.05) is 18.6 Å². The van der Waals surface area contributed by atoms with Gasteiger partial charge in [-0.15, -0.1) is 0 Å². The van der Waals surface area contributed by atoms with Crippen molar-refractivity contribution in [2.45, 2.75) is 19.0 Å². The summed E-state index contributed by atoms with van der Waals surface area (Å²) in [6.07, 6.45) is 8.26.